The lowest BCUT2D eigenvalue weighted by Crippen LogP contribution is -2.13. The Hall–Kier alpha value is -2.70. The highest BCUT2D eigenvalue weighted by Crippen LogP contribution is 2.29. The molecule has 0 radical (unpaired) electrons. The minimum atomic E-state index is -0.273. The molecule has 1 aromatic heterocycles. The number of amides is 2. The van der Waals surface area contributed by atoms with Gasteiger partial charge in [-0.05, 0) is 55.8 Å². The smallest absolute Gasteiger partial charge is 0.275 e. The van der Waals surface area contributed by atoms with Gasteiger partial charge in [0.25, 0.3) is 5.91 Å². The number of carbonyl (C=O) groups is 2. The van der Waals surface area contributed by atoms with E-state index >= 15 is 0 Å². The molecule has 0 unspecified atom stereocenters. The highest BCUT2D eigenvalue weighted by molar-refractivity contribution is 7.15. The van der Waals surface area contributed by atoms with Crippen molar-refractivity contribution in [2.24, 2.45) is 0 Å². The minimum absolute atomic E-state index is 0.122. The van der Waals surface area contributed by atoms with E-state index in [0.717, 1.165) is 21.0 Å². The summed E-state index contributed by atoms with van der Waals surface area (Å²) in [5.41, 5.74) is 3.56. The lowest BCUT2D eigenvalue weighted by atomic mass is 10.2. The van der Waals surface area contributed by atoms with E-state index < -0.39 is 0 Å². The van der Waals surface area contributed by atoms with Gasteiger partial charge < -0.3 is 10.6 Å². The second-order valence-corrected chi connectivity index (χ2v) is 7.71. The third-order valence-electron chi connectivity index (χ3n) is 3.89. The Kier molecular flexibility index (Phi) is 5.58. The highest BCUT2D eigenvalue weighted by atomic mass is 35.5. The molecule has 0 atom stereocenters. The first-order valence-corrected chi connectivity index (χ1v) is 9.46. The summed E-state index contributed by atoms with van der Waals surface area (Å²) >= 11 is 7.56. The summed E-state index contributed by atoms with van der Waals surface area (Å²) in [5, 5.41) is 6.90. The summed E-state index contributed by atoms with van der Waals surface area (Å²) < 4.78 is 0. The maximum atomic E-state index is 12.6. The van der Waals surface area contributed by atoms with Crippen molar-refractivity contribution in [2.45, 2.75) is 20.8 Å². The van der Waals surface area contributed by atoms with Crippen molar-refractivity contribution in [1.29, 1.82) is 0 Å². The van der Waals surface area contributed by atoms with E-state index in [1.54, 1.807) is 6.07 Å². The fourth-order valence-electron chi connectivity index (χ4n) is 2.49. The van der Waals surface area contributed by atoms with Gasteiger partial charge in [-0.1, -0.05) is 17.7 Å². The third kappa shape index (κ3) is 4.53. The predicted octanol–water partition coefficient (Wildman–Crippen LogP) is 5.29. The number of hydrogen-bond acceptors (Lipinski definition) is 4. The molecule has 2 N–H and O–H groups in total. The van der Waals surface area contributed by atoms with Crippen LogP contribution in [0.25, 0.3) is 10.6 Å². The standard InChI is InChI=1S/C20H18ClN3O2S/c1-11-4-7-16(10-17(11)21)23-19(26)18-12(2)27-20(24-18)14-5-8-15(9-6-14)22-13(3)25/h4-10H,1-3H3,(H,22,25)(H,23,26). The average Bonchev–Trinajstić information content (AvgIpc) is 3.00. The molecule has 0 saturated carbocycles. The Labute approximate surface area is 166 Å². The largest absolute Gasteiger partial charge is 0.326 e. The van der Waals surface area contributed by atoms with Crippen molar-refractivity contribution >= 4 is 46.1 Å². The predicted molar refractivity (Wildman–Crippen MR) is 111 cm³/mol. The van der Waals surface area contributed by atoms with Gasteiger partial charge in [-0.25, -0.2) is 4.98 Å². The number of nitrogens with zero attached hydrogens (tertiary/aromatic N) is 1. The van der Waals surface area contributed by atoms with Crippen molar-refractivity contribution in [2.75, 3.05) is 10.6 Å². The summed E-state index contributed by atoms with van der Waals surface area (Å²) in [6.07, 6.45) is 0. The van der Waals surface area contributed by atoms with Gasteiger partial charge in [0.15, 0.2) is 0 Å². The number of carbonyl (C=O) groups excluding carboxylic acids is 2. The molecule has 3 rings (SSSR count). The topological polar surface area (TPSA) is 71.1 Å². The van der Waals surface area contributed by atoms with Gasteiger partial charge in [-0.15, -0.1) is 11.3 Å². The molecule has 0 aliphatic carbocycles. The van der Waals surface area contributed by atoms with E-state index in [4.69, 9.17) is 11.6 Å². The van der Waals surface area contributed by atoms with Crippen molar-refractivity contribution < 1.29 is 9.59 Å². The zero-order valence-corrected chi connectivity index (χ0v) is 16.7. The lowest BCUT2D eigenvalue weighted by molar-refractivity contribution is -0.114. The van der Waals surface area contributed by atoms with Gasteiger partial charge in [0.05, 0.1) is 0 Å². The number of anilines is 2. The van der Waals surface area contributed by atoms with Crippen LogP contribution in [0, 0.1) is 13.8 Å². The number of aryl methyl sites for hydroxylation is 2. The van der Waals surface area contributed by atoms with Crippen LogP contribution in [-0.2, 0) is 4.79 Å². The van der Waals surface area contributed by atoms with Crippen LogP contribution in [0.4, 0.5) is 11.4 Å². The van der Waals surface area contributed by atoms with Gasteiger partial charge >= 0.3 is 0 Å². The number of halogens is 1. The molecule has 0 bridgehead atoms. The van der Waals surface area contributed by atoms with E-state index in [9.17, 15) is 9.59 Å². The van der Waals surface area contributed by atoms with E-state index in [1.165, 1.54) is 18.3 Å². The molecule has 0 aliphatic rings. The van der Waals surface area contributed by atoms with E-state index in [-0.39, 0.29) is 11.8 Å². The van der Waals surface area contributed by atoms with Gasteiger partial charge in [-0.2, -0.15) is 0 Å². The molecule has 3 aromatic rings. The van der Waals surface area contributed by atoms with E-state index in [1.807, 2.05) is 50.2 Å². The first kappa shape index (κ1) is 19.1. The summed E-state index contributed by atoms with van der Waals surface area (Å²) in [7, 11) is 0. The monoisotopic (exact) mass is 399 g/mol. The van der Waals surface area contributed by atoms with Crippen molar-refractivity contribution in [1.82, 2.24) is 4.98 Å². The van der Waals surface area contributed by atoms with Crippen LogP contribution < -0.4 is 10.6 Å². The average molecular weight is 400 g/mol. The van der Waals surface area contributed by atoms with Crippen molar-refractivity contribution in [3.63, 3.8) is 0 Å². The summed E-state index contributed by atoms with van der Waals surface area (Å²) in [4.78, 5) is 29.0. The van der Waals surface area contributed by atoms with Crippen LogP contribution in [0.5, 0.6) is 0 Å². The van der Waals surface area contributed by atoms with Crippen molar-refractivity contribution in [3.05, 3.63) is 63.6 Å². The summed E-state index contributed by atoms with van der Waals surface area (Å²) in [5.74, 6) is -0.396. The minimum Gasteiger partial charge on any atom is -0.326 e. The number of aromatic nitrogens is 1. The van der Waals surface area contributed by atoms with E-state index in [2.05, 4.69) is 15.6 Å². The van der Waals surface area contributed by atoms with Crippen molar-refractivity contribution in [3.8, 4) is 10.6 Å². The number of nitrogens with one attached hydrogen (secondary N) is 2. The Morgan fingerprint density at radius 3 is 2.30 bits per heavy atom. The second kappa shape index (κ2) is 7.90. The van der Waals surface area contributed by atoms with Crippen LogP contribution in [0.1, 0.15) is 27.9 Å². The highest BCUT2D eigenvalue weighted by Gasteiger charge is 2.17. The maximum absolute atomic E-state index is 12.6. The summed E-state index contributed by atoms with van der Waals surface area (Å²) in [6.45, 7) is 5.23. The molecule has 0 fully saturated rings. The molecule has 1 heterocycles. The zero-order chi connectivity index (χ0) is 19.6. The first-order chi connectivity index (χ1) is 12.8. The normalized spacial score (nSPS) is 10.5. The summed E-state index contributed by atoms with van der Waals surface area (Å²) in [6, 6.07) is 12.7. The van der Waals surface area contributed by atoms with Crippen LogP contribution in [0.2, 0.25) is 5.02 Å². The van der Waals surface area contributed by atoms with E-state index in [0.29, 0.717) is 22.1 Å². The molecule has 7 heteroatoms. The molecular weight excluding hydrogens is 382 g/mol. The van der Waals surface area contributed by atoms with Crippen LogP contribution in [0.15, 0.2) is 42.5 Å². The molecule has 0 spiro atoms. The molecule has 27 heavy (non-hydrogen) atoms. The first-order valence-electron chi connectivity index (χ1n) is 8.26. The fraction of sp³-hybridized carbons (Fsp3) is 0.150. The van der Waals surface area contributed by atoms with Gasteiger partial charge in [0.1, 0.15) is 10.7 Å². The van der Waals surface area contributed by atoms with Gasteiger partial charge in [-0.3, -0.25) is 9.59 Å². The lowest BCUT2D eigenvalue weighted by Gasteiger charge is -2.06. The fourth-order valence-corrected chi connectivity index (χ4v) is 3.59. The van der Waals surface area contributed by atoms with Crippen LogP contribution in [-0.4, -0.2) is 16.8 Å². The zero-order valence-electron chi connectivity index (χ0n) is 15.1. The maximum Gasteiger partial charge on any atom is 0.275 e. The molecule has 2 amide bonds. The Balaban J connectivity index is 1.80. The van der Waals surface area contributed by atoms with Crippen LogP contribution in [0.3, 0.4) is 0 Å². The Bertz CT molecular complexity index is 1010. The molecule has 5 nitrogen and oxygen atoms in total. The quantitative estimate of drug-likeness (QED) is 0.626. The number of thiazole rings is 1. The molecule has 138 valence electrons. The van der Waals surface area contributed by atoms with Crippen LogP contribution >= 0.6 is 22.9 Å². The number of benzene rings is 2. The molecule has 2 aromatic carbocycles. The number of hydrogen-bond donors (Lipinski definition) is 2. The Morgan fingerprint density at radius 1 is 1.00 bits per heavy atom. The molecule has 0 aliphatic heterocycles. The number of rotatable bonds is 4. The van der Waals surface area contributed by atoms with Gasteiger partial charge in [0.2, 0.25) is 5.91 Å². The second-order valence-electron chi connectivity index (χ2n) is 6.10. The third-order valence-corrected chi connectivity index (χ3v) is 5.32. The van der Waals surface area contributed by atoms with Gasteiger partial charge in [0, 0.05) is 33.8 Å². The SMILES string of the molecule is CC(=O)Nc1ccc(-c2nc(C(=O)Nc3ccc(C)c(Cl)c3)c(C)s2)cc1. The Morgan fingerprint density at radius 2 is 1.67 bits per heavy atom. The molecular formula is C20H18ClN3O2S. The molecule has 0 saturated heterocycles.